The smallest absolute Gasteiger partial charge is 0.229 e. The van der Waals surface area contributed by atoms with E-state index in [4.69, 9.17) is 5.73 Å². The van der Waals surface area contributed by atoms with E-state index in [9.17, 15) is 0 Å². The minimum atomic E-state index is 0.168. The normalized spacial score (nSPS) is 10.8. The summed E-state index contributed by atoms with van der Waals surface area (Å²) in [7, 11) is 3.67. The van der Waals surface area contributed by atoms with E-state index in [1.807, 2.05) is 30.9 Å². The van der Waals surface area contributed by atoms with Gasteiger partial charge in [-0.2, -0.15) is 31.1 Å². The Morgan fingerprint density at radius 3 is 2.86 bits per heavy atom. The number of nitrogen functional groups attached to an aromatic ring is 1. The Bertz CT molecular complexity index is 734. The van der Waals surface area contributed by atoms with E-state index in [0.29, 0.717) is 17.6 Å². The topological polar surface area (TPSA) is 112 Å². The Kier molecular flexibility index (Phi) is 3.44. The third-order valence-corrected chi connectivity index (χ3v) is 3.29. The number of nitrogens with two attached hydrogens (primary N) is 1. The van der Waals surface area contributed by atoms with E-state index >= 15 is 0 Å². The second-order valence-electron chi connectivity index (χ2n) is 4.46. The fourth-order valence-electron chi connectivity index (χ4n) is 1.64. The Hall–Kier alpha value is -2.62. The summed E-state index contributed by atoms with van der Waals surface area (Å²) in [5.74, 6) is 1.73. The summed E-state index contributed by atoms with van der Waals surface area (Å²) in [5, 5.41) is 16.2. The van der Waals surface area contributed by atoms with Crippen LogP contribution in [0.15, 0.2) is 16.8 Å². The number of hydrogen-bond donors (Lipinski definition) is 1. The van der Waals surface area contributed by atoms with Crippen molar-refractivity contribution in [3.05, 3.63) is 22.7 Å². The third kappa shape index (κ3) is 2.94. The minimum Gasteiger partial charge on any atom is -0.368 e. The summed E-state index contributed by atoms with van der Waals surface area (Å²) in [6, 6.07) is 1.94. The lowest BCUT2D eigenvalue weighted by Crippen LogP contribution is -2.17. The van der Waals surface area contributed by atoms with Crippen LogP contribution in [0.1, 0.15) is 5.82 Å². The first-order valence-electron chi connectivity index (χ1n) is 6.10. The molecule has 0 saturated heterocycles. The Morgan fingerprint density at radius 2 is 2.14 bits per heavy atom. The highest BCUT2D eigenvalue weighted by Gasteiger charge is 2.10. The fraction of sp³-hybridized carbons (Fsp3) is 0.273. The molecule has 0 amide bonds. The second-order valence-corrected chi connectivity index (χ2v) is 5.24. The molecule has 0 unspecified atom stereocenters. The number of nitrogens with zero attached hydrogens (tertiary/aromatic N) is 8. The minimum absolute atomic E-state index is 0.168. The van der Waals surface area contributed by atoms with E-state index in [2.05, 4.69) is 30.4 Å². The van der Waals surface area contributed by atoms with Gasteiger partial charge in [0.15, 0.2) is 5.82 Å². The summed E-state index contributed by atoms with van der Waals surface area (Å²) in [5.41, 5.74) is 6.62. The number of anilines is 2. The second kappa shape index (κ2) is 5.40. The fourth-order valence-corrected chi connectivity index (χ4v) is 2.27. The van der Waals surface area contributed by atoms with Gasteiger partial charge in [-0.15, -0.1) is 10.2 Å². The van der Waals surface area contributed by atoms with Gasteiger partial charge in [0.1, 0.15) is 6.54 Å². The van der Waals surface area contributed by atoms with Crippen molar-refractivity contribution in [2.24, 2.45) is 0 Å². The molecule has 21 heavy (non-hydrogen) atoms. The predicted octanol–water partition coefficient (Wildman–Crippen LogP) is 0.283. The van der Waals surface area contributed by atoms with E-state index in [-0.39, 0.29) is 12.5 Å². The zero-order valence-electron chi connectivity index (χ0n) is 11.5. The molecule has 0 radical (unpaired) electrons. The average Bonchev–Trinajstić information content (AvgIpc) is 3.08. The van der Waals surface area contributed by atoms with Crippen LogP contribution in [0.5, 0.6) is 0 Å². The molecule has 9 nitrogen and oxygen atoms in total. The number of aromatic nitrogens is 7. The van der Waals surface area contributed by atoms with Crippen LogP contribution < -0.4 is 10.6 Å². The van der Waals surface area contributed by atoms with E-state index in [1.165, 1.54) is 4.80 Å². The summed E-state index contributed by atoms with van der Waals surface area (Å²) in [4.78, 5) is 15.6. The molecule has 3 aromatic heterocycles. The largest absolute Gasteiger partial charge is 0.368 e. The van der Waals surface area contributed by atoms with Gasteiger partial charge in [-0.3, -0.25) is 0 Å². The van der Waals surface area contributed by atoms with Crippen molar-refractivity contribution < 1.29 is 0 Å². The van der Waals surface area contributed by atoms with Gasteiger partial charge >= 0.3 is 0 Å². The molecule has 0 fully saturated rings. The molecule has 0 aromatic carbocycles. The van der Waals surface area contributed by atoms with Crippen molar-refractivity contribution >= 4 is 23.2 Å². The number of thiophene rings is 1. The summed E-state index contributed by atoms with van der Waals surface area (Å²) < 4.78 is 0. The maximum absolute atomic E-state index is 5.68. The third-order valence-electron chi connectivity index (χ3n) is 2.60. The highest BCUT2D eigenvalue weighted by atomic mass is 32.1. The molecule has 0 bridgehead atoms. The highest BCUT2D eigenvalue weighted by Crippen LogP contribution is 2.16. The van der Waals surface area contributed by atoms with Crippen LogP contribution in [0.25, 0.3) is 11.4 Å². The van der Waals surface area contributed by atoms with Crippen molar-refractivity contribution in [3.63, 3.8) is 0 Å². The zero-order valence-corrected chi connectivity index (χ0v) is 12.3. The quantitative estimate of drug-likeness (QED) is 0.731. The molecular formula is C11H13N9S. The molecule has 0 aliphatic rings. The van der Waals surface area contributed by atoms with Gasteiger partial charge in [-0.1, -0.05) is 0 Å². The van der Waals surface area contributed by atoms with Crippen molar-refractivity contribution in [1.82, 2.24) is 35.2 Å². The Morgan fingerprint density at radius 1 is 1.29 bits per heavy atom. The standard InChI is InChI=1S/C11H13N9S/c1-19(2)11-14-8(13-10(12)15-11)5-20-17-9(16-18-20)7-3-4-21-6-7/h3-4,6H,5H2,1-2H3,(H2,12,13,14,15). The van der Waals surface area contributed by atoms with Crippen molar-refractivity contribution in [3.8, 4) is 11.4 Å². The molecule has 3 aromatic rings. The summed E-state index contributed by atoms with van der Waals surface area (Å²) >= 11 is 1.58. The van der Waals surface area contributed by atoms with E-state index in [0.717, 1.165) is 5.56 Å². The molecule has 0 aliphatic heterocycles. The van der Waals surface area contributed by atoms with Gasteiger partial charge < -0.3 is 10.6 Å². The lowest BCUT2D eigenvalue weighted by atomic mass is 10.3. The van der Waals surface area contributed by atoms with E-state index in [1.54, 1.807) is 16.2 Å². The average molecular weight is 303 g/mol. The van der Waals surface area contributed by atoms with Gasteiger partial charge in [-0.05, 0) is 16.7 Å². The monoisotopic (exact) mass is 303 g/mol. The molecule has 10 heteroatoms. The maximum Gasteiger partial charge on any atom is 0.229 e. The number of tetrazole rings is 1. The number of hydrogen-bond acceptors (Lipinski definition) is 9. The van der Waals surface area contributed by atoms with Crippen LogP contribution >= 0.6 is 11.3 Å². The zero-order chi connectivity index (χ0) is 14.8. The van der Waals surface area contributed by atoms with Crippen LogP contribution in [0, 0.1) is 0 Å². The first kappa shape index (κ1) is 13.4. The lowest BCUT2D eigenvalue weighted by molar-refractivity contribution is 0.553. The molecule has 108 valence electrons. The maximum atomic E-state index is 5.68. The van der Waals surface area contributed by atoms with Crippen molar-refractivity contribution in [2.45, 2.75) is 6.54 Å². The molecule has 3 rings (SSSR count). The van der Waals surface area contributed by atoms with Crippen molar-refractivity contribution in [1.29, 1.82) is 0 Å². The van der Waals surface area contributed by atoms with Gasteiger partial charge in [0.25, 0.3) is 0 Å². The first-order chi connectivity index (χ1) is 10.1. The van der Waals surface area contributed by atoms with Crippen LogP contribution in [0.4, 0.5) is 11.9 Å². The summed E-state index contributed by atoms with van der Waals surface area (Å²) in [6.07, 6.45) is 0. The van der Waals surface area contributed by atoms with Gasteiger partial charge in [0, 0.05) is 25.0 Å². The van der Waals surface area contributed by atoms with Gasteiger partial charge in [0.05, 0.1) is 0 Å². The highest BCUT2D eigenvalue weighted by molar-refractivity contribution is 7.08. The molecule has 3 heterocycles. The van der Waals surface area contributed by atoms with Crippen LogP contribution in [-0.2, 0) is 6.54 Å². The molecule has 0 atom stereocenters. The molecular weight excluding hydrogens is 290 g/mol. The number of rotatable bonds is 4. The Balaban J connectivity index is 1.84. The Labute approximate surface area is 124 Å². The first-order valence-corrected chi connectivity index (χ1v) is 7.04. The summed E-state index contributed by atoms with van der Waals surface area (Å²) in [6.45, 7) is 0.282. The molecule has 0 spiro atoms. The van der Waals surface area contributed by atoms with Gasteiger partial charge in [-0.25, -0.2) is 0 Å². The van der Waals surface area contributed by atoms with Crippen LogP contribution in [0.3, 0.4) is 0 Å². The molecule has 2 N–H and O–H groups in total. The van der Waals surface area contributed by atoms with Crippen LogP contribution in [-0.4, -0.2) is 49.3 Å². The van der Waals surface area contributed by atoms with Crippen molar-refractivity contribution in [2.75, 3.05) is 24.7 Å². The molecule has 0 saturated carbocycles. The van der Waals surface area contributed by atoms with E-state index < -0.39 is 0 Å². The SMILES string of the molecule is CN(C)c1nc(N)nc(Cn2nnc(-c3ccsc3)n2)n1. The van der Waals surface area contributed by atoms with Gasteiger partial charge in [0.2, 0.25) is 17.7 Å². The lowest BCUT2D eigenvalue weighted by Gasteiger charge is -2.10. The molecule has 0 aliphatic carbocycles. The predicted molar refractivity (Wildman–Crippen MR) is 78.8 cm³/mol. The van der Waals surface area contributed by atoms with Crippen LogP contribution in [0.2, 0.25) is 0 Å².